The SMILES string of the molecule is COc1cc(C2CC(O)c3ccc4ccccc4c3O2)cc(OC)c1O. The number of phenolic OH excluding ortho intramolecular Hbond substituents is 1. The molecule has 0 spiro atoms. The molecular formula is C21H20O5. The van der Waals surface area contributed by atoms with E-state index in [1.165, 1.54) is 14.2 Å². The zero-order chi connectivity index (χ0) is 18.3. The lowest BCUT2D eigenvalue weighted by Crippen LogP contribution is -2.19. The van der Waals surface area contributed by atoms with Crippen molar-refractivity contribution in [3.05, 3.63) is 59.7 Å². The van der Waals surface area contributed by atoms with Gasteiger partial charge in [-0.25, -0.2) is 0 Å². The molecule has 3 aromatic carbocycles. The van der Waals surface area contributed by atoms with Gasteiger partial charge in [0, 0.05) is 22.9 Å². The molecular weight excluding hydrogens is 332 g/mol. The van der Waals surface area contributed by atoms with E-state index in [4.69, 9.17) is 14.2 Å². The Labute approximate surface area is 151 Å². The van der Waals surface area contributed by atoms with Crippen LogP contribution in [0.25, 0.3) is 10.8 Å². The third kappa shape index (κ3) is 2.61. The smallest absolute Gasteiger partial charge is 0.200 e. The number of aliphatic hydroxyl groups is 1. The zero-order valence-corrected chi connectivity index (χ0v) is 14.6. The van der Waals surface area contributed by atoms with Gasteiger partial charge in [-0.05, 0) is 17.5 Å². The van der Waals surface area contributed by atoms with E-state index in [0.29, 0.717) is 23.7 Å². The molecule has 4 rings (SSSR count). The van der Waals surface area contributed by atoms with Crippen LogP contribution in [0.5, 0.6) is 23.0 Å². The molecule has 2 N–H and O–H groups in total. The second kappa shape index (κ2) is 6.42. The van der Waals surface area contributed by atoms with E-state index in [9.17, 15) is 10.2 Å². The highest BCUT2D eigenvalue weighted by molar-refractivity contribution is 5.90. The molecule has 26 heavy (non-hydrogen) atoms. The van der Waals surface area contributed by atoms with E-state index in [-0.39, 0.29) is 11.9 Å². The number of methoxy groups -OCH3 is 2. The van der Waals surface area contributed by atoms with Crippen molar-refractivity contribution in [2.45, 2.75) is 18.6 Å². The molecule has 0 saturated heterocycles. The Bertz CT molecular complexity index is 941. The van der Waals surface area contributed by atoms with Crippen molar-refractivity contribution in [2.24, 2.45) is 0 Å². The quantitative estimate of drug-likeness (QED) is 0.742. The lowest BCUT2D eigenvalue weighted by Gasteiger charge is -2.31. The van der Waals surface area contributed by atoms with Crippen LogP contribution in [-0.2, 0) is 0 Å². The van der Waals surface area contributed by atoms with E-state index < -0.39 is 6.10 Å². The average molecular weight is 352 g/mol. The number of hydrogen-bond acceptors (Lipinski definition) is 5. The van der Waals surface area contributed by atoms with Crippen molar-refractivity contribution in [3.8, 4) is 23.0 Å². The number of aromatic hydroxyl groups is 1. The van der Waals surface area contributed by atoms with Gasteiger partial charge in [0.25, 0.3) is 0 Å². The van der Waals surface area contributed by atoms with Crippen LogP contribution in [0.15, 0.2) is 48.5 Å². The molecule has 0 aromatic heterocycles. The van der Waals surface area contributed by atoms with E-state index >= 15 is 0 Å². The number of hydrogen-bond donors (Lipinski definition) is 2. The van der Waals surface area contributed by atoms with E-state index in [2.05, 4.69) is 0 Å². The maximum absolute atomic E-state index is 10.7. The van der Waals surface area contributed by atoms with Gasteiger partial charge in [0.2, 0.25) is 5.75 Å². The number of fused-ring (bicyclic) bond motifs is 3. The van der Waals surface area contributed by atoms with E-state index in [1.807, 2.05) is 36.4 Å². The Morgan fingerprint density at radius 2 is 1.69 bits per heavy atom. The molecule has 134 valence electrons. The van der Waals surface area contributed by atoms with Gasteiger partial charge >= 0.3 is 0 Å². The molecule has 0 bridgehead atoms. The minimum atomic E-state index is -0.640. The molecule has 1 heterocycles. The molecule has 5 nitrogen and oxygen atoms in total. The van der Waals surface area contributed by atoms with Gasteiger partial charge in [0.1, 0.15) is 11.9 Å². The highest BCUT2D eigenvalue weighted by atomic mass is 16.5. The highest BCUT2D eigenvalue weighted by Gasteiger charge is 2.30. The molecule has 0 fully saturated rings. The minimum Gasteiger partial charge on any atom is -0.502 e. The number of rotatable bonds is 3. The van der Waals surface area contributed by atoms with Gasteiger partial charge in [-0.3, -0.25) is 0 Å². The number of benzene rings is 3. The van der Waals surface area contributed by atoms with Crippen molar-refractivity contribution in [1.82, 2.24) is 0 Å². The van der Waals surface area contributed by atoms with Crippen LogP contribution in [-0.4, -0.2) is 24.4 Å². The summed E-state index contributed by atoms with van der Waals surface area (Å²) in [6.45, 7) is 0. The third-order valence-electron chi connectivity index (χ3n) is 4.84. The Morgan fingerprint density at radius 1 is 1.00 bits per heavy atom. The highest BCUT2D eigenvalue weighted by Crippen LogP contribution is 2.47. The van der Waals surface area contributed by atoms with Gasteiger partial charge < -0.3 is 24.4 Å². The summed E-state index contributed by atoms with van der Waals surface area (Å²) in [5, 5.41) is 22.8. The Kier molecular flexibility index (Phi) is 4.09. The zero-order valence-electron chi connectivity index (χ0n) is 14.6. The molecule has 1 aliphatic heterocycles. The first kappa shape index (κ1) is 16.5. The van der Waals surface area contributed by atoms with Gasteiger partial charge in [0.05, 0.1) is 20.3 Å². The van der Waals surface area contributed by atoms with Gasteiger partial charge in [-0.1, -0.05) is 36.4 Å². The number of ether oxygens (including phenoxy) is 3. The van der Waals surface area contributed by atoms with Gasteiger partial charge in [-0.2, -0.15) is 0 Å². The normalized spacial score (nSPS) is 18.9. The topological polar surface area (TPSA) is 68.2 Å². The van der Waals surface area contributed by atoms with Crippen molar-refractivity contribution < 1.29 is 24.4 Å². The summed E-state index contributed by atoms with van der Waals surface area (Å²) in [5.41, 5.74) is 1.56. The standard InChI is InChI=1S/C21H20O5/c1-24-18-9-13(10-19(25-2)20(18)23)17-11-16(22)15-8-7-12-5-3-4-6-14(12)21(15)26-17/h3-10,16-17,22-23H,11H2,1-2H3. The summed E-state index contributed by atoms with van der Waals surface area (Å²) in [6.07, 6.45) is -0.617. The molecule has 2 atom stereocenters. The van der Waals surface area contributed by atoms with Crippen LogP contribution >= 0.6 is 0 Å². The average Bonchev–Trinajstić information content (AvgIpc) is 2.68. The fourth-order valence-electron chi connectivity index (χ4n) is 3.48. The Hall–Kier alpha value is -2.92. The lowest BCUT2D eigenvalue weighted by atomic mass is 9.92. The monoisotopic (exact) mass is 352 g/mol. The molecule has 0 saturated carbocycles. The van der Waals surface area contributed by atoms with E-state index in [1.54, 1.807) is 12.1 Å². The Morgan fingerprint density at radius 3 is 2.38 bits per heavy atom. The van der Waals surface area contributed by atoms with Crippen LogP contribution in [0, 0.1) is 0 Å². The second-order valence-electron chi connectivity index (χ2n) is 6.34. The summed E-state index contributed by atoms with van der Waals surface area (Å²) in [6, 6.07) is 15.3. The first-order valence-electron chi connectivity index (χ1n) is 8.43. The van der Waals surface area contributed by atoms with Crippen molar-refractivity contribution in [3.63, 3.8) is 0 Å². The molecule has 1 aliphatic rings. The van der Waals surface area contributed by atoms with Gasteiger partial charge in [0.15, 0.2) is 11.5 Å². The lowest BCUT2D eigenvalue weighted by molar-refractivity contribution is 0.0669. The molecule has 0 aliphatic carbocycles. The summed E-state index contributed by atoms with van der Waals surface area (Å²) < 4.78 is 16.8. The predicted molar refractivity (Wildman–Crippen MR) is 98.1 cm³/mol. The fraction of sp³-hybridized carbons (Fsp3) is 0.238. The van der Waals surface area contributed by atoms with Gasteiger partial charge in [-0.15, -0.1) is 0 Å². The van der Waals surface area contributed by atoms with Crippen molar-refractivity contribution in [1.29, 1.82) is 0 Å². The summed E-state index contributed by atoms with van der Waals surface area (Å²) in [4.78, 5) is 0. The van der Waals surface area contributed by atoms with Crippen LogP contribution in [0.2, 0.25) is 0 Å². The van der Waals surface area contributed by atoms with E-state index in [0.717, 1.165) is 21.9 Å². The molecule has 0 amide bonds. The minimum absolute atomic E-state index is 0.0547. The third-order valence-corrected chi connectivity index (χ3v) is 4.84. The summed E-state index contributed by atoms with van der Waals surface area (Å²) in [5.74, 6) is 1.25. The van der Waals surface area contributed by atoms with Crippen LogP contribution in [0.1, 0.15) is 29.8 Å². The maximum Gasteiger partial charge on any atom is 0.200 e. The molecule has 2 unspecified atom stereocenters. The van der Waals surface area contributed by atoms with Crippen molar-refractivity contribution >= 4 is 10.8 Å². The van der Waals surface area contributed by atoms with Crippen molar-refractivity contribution in [2.75, 3.05) is 14.2 Å². The van der Waals surface area contributed by atoms with Crippen LogP contribution in [0.4, 0.5) is 0 Å². The molecule has 5 heteroatoms. The number of phenols is 1. The largest absolute Gasteiger partial charge is 0.502 e. The first-order chi connectivity index (χ1) is 12.6. The predicted octanol–water partition coefficient (Wildman–Crippen LogP) is 4.12. The molecule has 0 radical (unpaired) electrons. The maximum atomic E-state index is 10.7. The molecule has 3 aromatic rings. The number of aliphatic hydroxyl groups excluding tert-OH is 1. The summed E-state index contributed by atoms with van der Waals surface area (Å²) >= 11 is 0. The first-order valence-corrected chi connectivity index (χ1v) is 8.43. The Balaban J connectivity index is 1.81. The second-order valence-corrected chi connectivity index (χ2v) is 6.34. The van der Waals surface area contributed by atoms with Crippen LogP contribution in [0.3, 0.4) is 0 Å². The van der Waals surface area contributed by atoms with Crippen LogP contribution < -0.4 is 14.2 Å². The fourth-order valence-corrected chi connectivity index (χ4v) is 3.48. The summed E-state index contributed by atoms with van der Waals surface area (Å²) in [7, 11) is 2.97.